The van der Waals surface area contributed by atoms with E-state index in [1.807, 2.05) is 25.1 Å². The molecule has 1 aromatic heterocycles. The van der Waals surface area contributed by atoms with E-state index in [0.29, 0.717) is 28.7 Å². The number of carboxylic acids is 1. The van der Waals surface area contributed by atoms with Gasteiger partial charge in [0, 0.05) is 24.2 Å². The van der Waals surface area contributed by atoms with Gasteiger partial charge in [0.25, 0.3) is 0 Å². The lowest BCUT2D eigenvalue weighted by Gasteiger charge is -2.14. The monoisotopic (exact) mass is 338 g/mol. The molecule has 0 unspecified atom stereocenters. The van der Waals surface area contributed by atoms with Crippen molar-refractivity contribution in [3.63, 3.8) is 0 Å². The predicted octanol–water partition coefficient (Wildman–Crippen LogP) is 3.31. The Balaban J connectivity index is 2.48. The van der Waals surface area contributed by atoms with Gasteiger partial charge in [-0.05, 0) is 25.1 Å². The zero-order valence-corrected chi connectivity index (χ0v) is 13.9. The summed E-state index contributed by atoms with van der Waals surface area (Å²) in [6.07, 6.45) is 1.56. The third-order valence-electron chi connectivity index (χ3n) is 3.97. The number of ether oxygens (including phenoxy) is 1. The first kappa shape index (κ1) is 16.6. The molecule has 6 nitrogen and oxygen atoms in total. The molecule has 0 saturated carbocycles. The van der Waals surface area contributed by atoms with E-state index in [-0.39, 0.29) is 11.3 Å². The SMILES string of the molecule is CCn1cc(C(=O)O)c(=Nc2ccccc2)c2cc(O)c(OC)cc21. The Bertz CT molecular complexity index is 1010. The highest BCUT2D eigenvalue weighted by atomic mass is 16.5. The molecule has 0 amide bonds. The molecule has 25 heavy (non-hydrogen) atoms. The number of carboxylic acid groups (broad SMARTS) is 1. The van der Waals surface area contributed by atoms with Crippen LogP contribution in [-0.4, -0.2) is 27.9 Å². The maximum atomic E-state index is 11.8. The summed E-state index contributed by atoms with van der Waals surface area (Å²) in [5, 5.41) is 20.6. The Morgan fingerprint density at radius 1 is 1.24 bits per heavy atom. The lowest BCUT2D eigenvalue weighted by molar-refractivity contribution is 0.0694. The molecule has 2 aromatic carbocycles. The van der Waals surface area contributed by atoms with E-state index >= 15 is 0 Å². The van der Waals surface area contributed by atoms with Gasteiger partial charge < -0.3 is 19.5 Å². The summed E-state index contributed by atoms with van der Waals surface area (Å²) in [6, 6.07) is 12.3. The third kappa shape index (κ3) is 3.06. The smallest absolute Gasteiger partial charge is 0.339 e. The number of aromatic carboxylic acids is 1. The van der Waals surface area contributed by atoms with Crippen molar-refractivity contribution in [3.8, 4) is 11.5 Å². The number of phenolic OH excluding ortho intramolecular Hbond substituents is 1. The van der Waals surface area contributed by atoms with E-state index in [4.69, 9.17) is 4.74 Å². The van der Waals surface area contributed by atoms with Crippen LogP contribution in [0.3, 0.4) is 0 Å². The molecule has 0 aliphatic heterocycles. The van der Waals surface area contributed by atoms with Crippen molar-refractivity contribution in [2.75, 3.05) is 7.11 Å². The first-order chi connectivity index (χ1) is 12.0. The van der Waals surface area contributed by atoms with Gasteiger partial charge in [0.2, 0.25) is 0 Å². The quantitative estimate of drug-likeness (QED) is 0.764. The van der Waals surface area contributed by atoms with E-state index < -0.39 is 5.97 Å². The number of aromatic nitrogens is 1. The number of hydrogen-bond acceptors (Lipinski definition) is 4. The van der Waals surface area contributed by atoms with Crippen molar-refractivity contribution < 1.29 is 19.7 Å². The first-order valence-corrected chi connectivity index (χ1v) is 7.82. The highest BCUT2D eigenvalue weighted by molar-refractivity contribution is 5.93. The molecule has 0 fully saturated rings. The summed E-state index contributed by atoms with van der Waals surface area (Å²) < 4.78 is 6.97. The van der Waals surface area contributed by atoms with Crippen LogP contribution in [0.2, 0.25) is 0 Å². The highest BCUT2D eigenvalue weighted by Gasteiger charge is 2.15. The van der Waals surface area contributed by atoms with Crippen molar-refractivity contribution in [1.82, 2.24) is 4.57 Å². The largest absolute Gasteiger partial charge is 0.504 e. The maximum absolute atomic E-state index is 11.8. The first-order valence-electron chi connectivity index (χ1n) is 7.82. The second-order valence-corrected chi connectivity index (χ2v) is 5.47. The van der Waals surface area contributed by atoms with Crippen LogP contribution < -0.4 is 10.1 Å². The summed E-state index contributed by atoms with van der Waals surface area (Å²) in [6.45, 7) is 2.48. The Hall–Kier alpha value is -3.28. The molecular weight excluding hydrogens is 320 g/mol. The van der Waals surface area contributed by atoms with Crippen LogP contribution in [0.5, 0.6) is 11.5 Å². The third-order valence-corrected chi connectivity index (χ3v) is 3.97. The van der Waals surface area contributed by atoms with Gasteiger partial charge in [-0.3, -0.25) is 0 Å². The fourth-order valence-electron chi connectivity index (χ4n) is 2.75. The number of fused-ring (bicyclic) bond motifs is 1. The number of nitrogens with zero attached hydrogens (tertiary/aromatic N) is 2. The van der Waals surface area contributed by atoms with Crippen LogP contribution in [0, 0.1) is 0 Å². The van der Waals surface area contributed by atoms with E-state index in [1.165, 1.54) is 13.2 Å². The predicted molar refractivity (Wildman–Crippen MR) is 94.5 cm³/mol. The fourth-order valence-corrected chi connectivity index (χ4v) is 2.75. The molecule has 3 aromatic rings. The number of aryl methyl sites for hydroxylation is 1. The number of carbonyl (C=O) groups is 1. The number of benzene rings is 2. The Morgan fingerprint density at radius 2 is 1.96 bits per heavy atom. The second kappa shape index (κ2) is 6.68. The fraction of sp³-hybridized carbons (Fsp3) is 0.158. The van der Waals surface area contributed by atoms with E-state index in [2.05, 4.69) is 4.99 Å². The molecule has 0 radical (unpaired) electrons. The number of aromatic hydroxyl groups is 1. The van der Waals surface area contributed by atoms with Crippen molar-refractivity contribution in [2.24, 2.45) is 4.99 Å². The number of rotatable bonds is 4. The minimum atomic E-state index is -1.07. The van der Waals surface area contributed by atoms with Gasteiger partial charge in [0.1, 0.15) is 5.56 Å². The highest BCUT2D eigenvalue weighted by Crippen LogP contribution is 2.30. The van der Waals surface area contributed by atoms with Crippen molar-refractivity contribution in [2.45, 2.75) is 13.5 Å². The Labute approximate surface area is 144 Å². The Kier molecular flexibility index (Phi) is 4.43. The number of pyridine rings is 1. The molecule has 0 aliphatic rings. The molecule has 0 bridgehead atoms. The number of phenols is 1. The van der Waals surface area contributed by atoms with Crippen molar-refractivity contribution >= 4 is 22.6 Å². The Morgan fingerprint density at radius 3 is 2.56 bits per heavy atom. The summed E-state index contributed by atoms with van der Waals surface area (Å²) >= 11 is 0. The van der Waals surface area contributed by atoms with Crippen molar-refractivity contribution in [1.29, 1.82) is 0 Å². The maximum Gasteiger partial charge on any atom is 0.339 e. The summed E-state index contributed by atoms with van der Waals surface area (Å²) in [7, 11) is 1.47. The molecule has 6 heteroatoms. The van der Waals surface area contributed by atoms with Crippen LogP contribution in [0.25, 0.3) is 10.9 Å². The van der Waals surface area contributed by atoms with Gasteiger partial charge in [0.05, 0.1) is 23.7 Å². The minimum Gasteiger partial charge on any atom is -0.504 e. The summed E-state index contributed by atoms with van der Waals surface area (Å²) in [5.74, 6) is -0.817. The van der Waals surface area contributed by atoms with Gasteiger partial charge in [-0.2, -0.15) is 0 Å². The summed E-state index contributed by atoms with van der Waals surface area (Å²) in [4.78, 5) is 16.3. The van der Waals surface area contributed by atoms with Crippen LogP contribution in [0.4, 0.5) is 5.69 Å². The lowest BCUT2D eigenvalue weighted by Crippen LogP contribution is -2.20. The van der Waals surface area contributed by atoms with Crippen LogP contribution >= 0.6 is 0 Å². The minimum absolute atomic E-state index is 0.0651. The van der Waals surface area contributed by atoms with E-state index in [9.17, 15) is 15.0 Å². The summed E-state index contributed by atoms with van der Waals surface area (Å²) in [5.41, 5.74) is 1.44. The van der Waals surface area contributed by atoms with E-state index in [0.717, 1.165) is 5.52 Å². The van der Waals surface area contributed by atoms with Gasteiger partial charge in [-0.1, -0.05) is 18.2 Å². The van der Waals surface area contributed by atoms with Gasteiger partial charge in [-0.15, -0.1) is 0 Å². The zero-order chi connectivity index (χ0) is 18.0. The molecule has 2 N–H and O–H groups in total. The molecule has 0 aliphatic carbocycles. The van der Waals surface area contributed by atoms with Crippen LogP contribution in [-0.2, 0) is 6.54 Å². The molecule has 0 atom stereocenters. The average Bonchev–Trinajstić information content (AvgIpc) is 2.62. The van der Waals surface area contributed by atoms with E-state index in [1.54, 1.807) is 29.0 Å². The van der Waals surface area contributed by atoms with Crippen molar-refractivity contribution in [3.05, 3.63) is 59.6 Å². The number of para-hydroxylation sites is 1. The number of hydrogen-bond donors (Lipinski definition) is 2. The van der Waals surface area contributed by atoms with Gasteiger partial charge in [0.15, 0.2) is 11.5 Å². The molecule has 0 spiro atoms. The molecule has 3 rings (SSSR count). The van der Waals surface area contributed by atoms with Crippen LogP contribution in [0.15, 0.2) is 53.7 Å². The average molecular weight is 338 g/mol. The molecule has 0 saturated heterocycles. The second-order valence-electron chi connectivity index (χ2n) is 5.47. The number of methoxy groups -OCH3 is 1. The van der Waals surface area contributed by atoms with Gasteiger partial charge in [-0.25, -0.2) is 9.79 Å². The standard InChI is InChI=1S/C19H18N2O4/c1-3-21-11-14(19(23)24)18(20-12-7-5-4-6-8-12)13-9-16(22)17(25-2)10-15(13)21/h4-11,22H,3H2,1-2H3,(H,23,24). The normalized spacial score (nSPS) is 11.7. The van der Waals surface area contributed by atoms with Gasteiger partial charge >= 0.3 is 5.97 Å². The molecular formula is C19H18N2O4. The molecule has 1 heterocycles. The lowest BCUT2D eigenvalue weighted by atomic mass is 10.1. The zero-order valence-electron chi connectivity index (χ0n) is 13.9. The van der Waals surface area contributed by atoms with Crippen LogP contribution in [0.1, 0.15) is 17.3 Å². The topological polar surface area (TPSA) is 84.1 Å². The molecule has 128 valence electrons.